The number of carbonyl (C=O) groups is 2. The van der Waals surface area contributed by atoms with E-state index >= 15 is 0 Å². The summed E-state index contributed by atoms with van der Waals surface area (Å²) in [6.07, 6.45) is 0. The molecule has 1 aromatic rings. The summed E-state index contributed by atoms with van der Waals surface area (Å²) in [4.78, 5) is 25.8. The van der Waals surface area contributed by atoms with E-state index in [4.69, 9.17) is 9.47 Å². The lowest BCUT2D eigenvalue weighted by atomic mass is 9.96. The zero-order valence-corrected chi connectivity index (χ0v) is 13.3. The molecule has 0 unspecified atom stereocenters. The number of carbonyl (C=O) groups excluding carboxylic acids is 2. The molecule has 1 aromatic carbocycles. The summed E-state index contributed by atoms with van der Waals surface area (Å²) >= 11 is 0. The van der Waals surface area contributed by atoms with Crippen molar-refractivity contribution in [1.82, 2.24) is 10.2 Å². The number of likely N-dealkylation sites (tertiary alicyclic amines) is 1. The van der Waals surface area contributed by atoms with Gasteiger partial charge in [-0.15, -0.1) is 0 Å². The quantitative estimate of drug-likeness (QED) is 0.835. The molecule has 7 heteroatoms. The van der Waals surface area contributed by atoms with Gasteiger partial charge >= 0.3 is 0 Å². The number of amides is 2. The molecule has 2 rings (SSSR count). The molecule has 0 bridgehead atoms. The van der Waals surface area contributed by atoms with Crippen molar-refractivity contribution < 1.29 is 23.5 Å². The van der Waals surface area contributed by atoms with Crippen LogP contribution < -0.4 is 10.1 Å². The Hall–Kier alpha value is -2.15. The van der Waals surface area contributed by atoms with Crippen LogP contribution in [0.15, 0.2) is 24.3 Å². The van der Waals surface area contributed by atoms with E-state index in [0.29, 0.717) is 25.4 Å². The summed E-state index contributed by atoms with van der Waals surface area (Å²) in [5.74, 6) is -0.553. The minimum absolute atomic E-state index is 0.0327. The summed E-state index contributed by atoms with van der Waals surface area (Å²) < 4.78 is 23.3. The molecule has 0 radical (unpaired) electrons. The monoisotopic (exact) mass is 324 g/mol. The Morgan fingerprint density at radius 3 is 2.61 bits per heavy atom. The molecular weight excluding hydrogens is 303 g/mol. The van der Waals surface area contributed by atoms with E-state index in [1.807, 2.05) is 0 Å². The molecule has 1 saturated heterocycles. The van der Waals surface area contributed by atoms with Gasteiger partial charge in [0.15, 0.2) is 6.61 Å². The first kappa shape index (κ1) is 17.2. The van der Waals surface area contributed by atoms with Gasteiger partial charge in [-0.3, -0.25) is 9.59 Å². The van der Waals surface area contributed by atoms with E-state index in [1.165, 1.54) is 24.3 Å². The molecular formula is C16H21FN2O4. The molecule has 1 aliphatic rings. The first-order valence-electron chi connectivity index (χ1n) is 7.41. The normalized spacial score (nSPS) is 20.4. The average Bonchev–Trinajstić information content (AvgIpc) is 2.98. The molecule has 1 aliphatic heterocycles. The van der Waals surface area contributed by atoms with Gasteiger partial charge in [-0.25, -0.2) is 4.39 Å². The molecule has 23 heavy (non-hydrogen) atoms. The van der Waals surface area contributed by atoms with Crippen molar-refractivity contribution in [3.63, 3.8) is 0 Å². The lowest BCUT2D eigenvalue weighted by Gasteiger charge is -2.16. The Labute approximate surface area is 134 Å². The lowest BCUT2D eigenvalue weighted by Crippen LogP contribution is -2.36. The van der Waals surface area contributed by atoms with Crippen LogP contribution in [0.25, 0.3) is 0 Å². The zero-order valence-electron chi connectivity index (χ0n) is 13.3. The topological polar surface area (TPSA) is 67.9 Å². The van der Waals surface area contributed by atoms with Gasteiger partial charge in [0.1, 0.15) is 11.6 Å². The second-order valence-electron chi connectivity index (χ2n) is 5.48. The van der Waals surface area contributed by atoms with Crippen LogP contribution in [-0.2, 0) is 14.3 Å². The Balaban J connectivity index is 1.91. The number of nitrogens with one attached hydrogen (secondary N) is 1. The summed E-state index contributed by atoms with van der Waals surface area (Å²) in [5, 5.41) is 2.62. The SMILES string of the molecule is CNC(=O)[C@@H]1CN(C(=O)COc2ccc(F)cc2)C[C@H]1COC. The molecule has 2 atom stereocenters. The van der Waals surface area contributed by atoms with Crippen LogP contribution in [0.4, 0.5) is 4.39 Å². The van der Waals surface area contributed by atoms with Crippen molar-refractivity contribution in [3.8, 4) is 5.75 Å². The van der Waals surface area contributed by atoms with Crippen molar-refractivity contribution in [1.29, 1.82) is 0 Å². The Kier molecular flexibility index (Phi) is 5.92. The molecule has 1 heterocycles. The van der Waals surface area contributed by atoms with Gasteiger partial charge < -0.3 is 19.7 Å². The molecule has 126 valence electrons. The molecule has 1 N–H and O–H groups in total. The van der Waals surface area contributed by atoms with Crippen LogP contribution >= 0.6 is 0 Å². The number of nitrogens with zero attached hydrogens (tertiary/aromatic N) is 1. The largest absolute Gasteiger partial charge is 0.484 e. The van der Waals surface area contributed by atoms with Crippen molar-refractivity contribution >= 4 is 11.8 Å². The van der Waals surface area contributed by atoms with Gasteiger partial charge in [-0.1, -0.05) is 0 Å². The Morgan fingerprint density at radius 1 is 1.30 bits per heavy atom. The van der Waals surface area contributed by atoms with Crippen LogP contribution in [-0.4, -0.2) is 57.2 Å². The third-order valence-electron chi connectivity index (χ3n) is 3.93. The number of ether oxygens (including phenoxy) is 2. The van der Waals surface area contributed by atoms with E-state index in [-0.39, 0.29) is 36.1 Å². The van der Waals surface area contributed by atoms with Crippen LogP contribution in [0, 0.1) is 17.7 Å². The maximum absolute atomic E-state index is 12.8. The fraction of sp³-hybridized carbons (Fsp3) is 0.500. The summed E-state index contributed by atoms with van der Waals surface area (Å²) in [5.41, 5.74) is 0. The summed E-state index contributed by atoms with van der Waals surface area (Å²) in [7, 11) is 3.15. The lowest BCUT2D eigenvalue weighted by molar-refractivity contribution is -0.132. The number of methoxy groups -OCH3 is 1. The fourth-order valence-corrected chi connectivity index (χ4v) is 2.71. The molecule has 2 amide bonds. The van der Waals surface area contributed by atoms with Crippen molar-refractivity contribution in [2.24, 2.45) is 11.8 Å². The minimum Gasteiger partial charge on any atom is -0.484 e. The Morgan fingerprint density at radius 2 is 2.00 bits per heavy atom. The number of rotatable bonds is 6. The molecule has 0 saturated carbocycles. The van der Waals surface area contributed by atoms with E-state index in [1.54, 1.807) is 19.1 Å². The maximum Gasteiger partial charge on any atom is 0.260 e. The van der Waals surface area contributed by atoms with E-state index in [0.717, 1.165) is 0 Å². The Bertz CT molecular complexity index is 550. The third-order valence-corrected chi connectivity index (χ3v) is 3.93. The predicted octanol–water partition coefficient (Wildman–Crippen LogP) is 0.671. The van der Waals surface area contributed by atoms with Gasteiger partial charge in [0, 0.05) is 33.2 Å². The third kappa shape index (κ3) is 4.41. The smallest absolute Gasteiger partial charge is 0.260 e. The van der Waals surface area contributed by atoms with Crippen molar-refractivity contribution in [2.75, 3.05) is 40.5 Å². The molecule has 6 nitrogen and oxygen atoms in total. The van der Waals surface area contributed by atoms with E-state index in [9.17, 15) is 14.0 Å². The van der Waals surface area contributed by atoms with Gasteiger partial charge in [0.05, 0.1) is 12.5 Å². The fourth-order valence-electron chi connectivity index (χ4n) is 2.71. The maximum atomic E-state index is 12.8. The summed E-state index contributed by atoms with van der Waals surface area (Å²) in [6, 6.07) is 5.47. The second-order valence-corrected chi connectivity index (χ2v) is 5.48. The summed E-state index contributed by atoms with van der Waals surface area (Å²) in [6.45, 7) is 1.07. The predicted molar refractivity (Wildman–Crippen MR) is 81.4 cm³/mol. The first-order valence-corrected chi connectivity index (χ1v) is 7.41. The van der Waals surface area contributed by atoms with Crippen LogP contribution in [0.5, 0.6) is 5.75 Å². The number of halogens is 1. The van der Waals surface area contributed by atoms with Crippen LogP contribution in [0.3, 0.4) is 0 Å². The van der Waals surface area contributed by atoms with E-state index < -0.39 is 0 Å². The average molecular weight is 324 g/mol. The highest BCUT2D eigenvalue weighted by atomic mass is 19.1. The molecule has 1 fully saturated rings. The number of hydrogen-bond donors (Lipinski definition) is 1. The standard InChI is InChI=1S/C16H21FN2O4/c1-18-16(21)14-8-19(7-11(14)9-22-2)15(20)10-23-13-5-3-12(17)4-6-13/h3-6,11,14H,7-10H2,1-2H3,(H,18,21)/t11-,14+/m0/s1. The zero-order chi connectivity index (χ0) is 16.8. The molecule has 0 spiro atoms. The number of benzene rings is 1. The van der Waals surface area contributed by atoms with Crippen molar-refractivity contribution in [2.45, 2.75) is 0 Å². The highest BCUT2D eigenvalue weighted by Crippen LogP contribution is 2.24. The molecule has 0 aromatic heterocycles. The van der Waals surface area contributed by atoms with Crippen LogP contribution in [0.2, 0.25) is 0 Å². The van der Waals surface area contributed by atoms with Crippen molar-refractivity contribution in [3.05, 3.63) is 30.1 Å². The van der Waals surface area contributed by atoms with Gasteiger partial charge in [-0.05, 0) is 24.3 Å². The van der Waals surface area contributed by atoms with Crippen LogP contribution in [0.1, 0.15) is 0 Å². The van der Waals surface area contributed by atoms with E-state index in [2.05, 4.69) is 5.32 Å². The highest BCUT2D eigenvalue weighted by Gasteiger charge is 2.39. The van der Waals surface area contributed by atoms with Gasteiger partial charge in [0.25, 0.3) is 5.91 Å². The molecule has 0 aliphatic carbocycles. The second kappa shape index (κ2) is 7.92. The first-order chi connectivity index (χ1) is 11.0. The number of hydrogen-bond acceptors (Lipinski definition) is 4. The van der Waals surface area contributed by atoms with Gasteiger partial charge in [-0.2, -0.15) is 0 Å². The minimum atomic E-state index is -0.362. The highest BCUT2D eigenvalue weighted by molar-refractivity contribution is 5.83. The van der Waals surface area contributed by atoms with Gasteiger partial charge in [0.2, 0.25) is 5.91 Å².